The molecule has 8 heteroatoms. The highest BCUT2D eigenvalue weighted by atomic mass is 16.5. The number of nitrogens with one attached hydrogen (secondary N) is 3. The molecule has 2 aromatic rings. The van der Waals surface area contributed by atoms with Gasteiger partial charge >= 0.3 is 0 Å². The first kappa shape index (κ1) is 29.0. The lowest BCUT2D eigenvalue weighted by Gasteiger charge is -2.42. The summed E-state index contributed by atoms with van der Waals surface area (Å²) in [6.07, 6.45) is 5.46. The Morgan fingerprint density at radius 3 is 2.63 bits per heavy atom. The third-order valence-corrected chi connectivity index (χ3v) is 8.75. The number of nitrogens with zero attached hydrogens (tertiary/aromatic N) is 3. The largest absolute Gasteiger partial charge is 0.463 e. The zero-order chi connectivity index (χ0) is 28.8. The van der Waals surface area contributed by atoms with Crippen LogP contribution in [0.5, 0.6) is 0 Å². The summed E-state index contributed by atoms with van der Waals surface area (Å²) in [6.45, 7) is 13.1. The number of carbonyl (C=O) groups excluding carboxylic acids is 1. The average Bonchev–Trinajstić information content (AvgIpc) is 3.33. The first-order chi connectivity index (χ1) is 19.9. The number of fused-ring (bicyclic) bond motifs is 1. The van der Waals surface area contributed by atoms with Gasteiger partial charge < -0.3 is 24.8 Å². The molecule has 218 valence electrons. The highest BCUT2D eigenvalue weighted by molar-refractivity contribution is 5.72. The zero-order valence-electron chi connectivity index (χ0n) is 24.6. The number of carbonyl (C=O) groups is 1. The minimum atomic E-state index is -0.203. The predicted octanol–water partition coefficient (Wildman–Crippen LogP) is 4.25. The molecule has 2 aromatic carbocycles. The molecule has 0 aromatic heterocycles. The fraction of sp³-hybridized carbons (Fsp3) is 0.455. The maximum Gasteiger partial charge on any atom is 0.176 e. The lowest BCUT2D eigenvalue weighted by atomic mass is 9.80. The second-order valence-corrected chi connectivity index (χ2v) is 11.9. The summed E-state index contributed by atoms with van der Waals surface area (Å²) < 4.78 is 5.99. The number of likely N-dealkylation sites (tertiary alicyclic amines) is 1. The molecule has 0 spiro atoms. The summed E-state index contributed by atoms with van der Waals surface area (Å²) in [6, 6.07) is 19.0. The van der Waals surface area contributed by atoms with Gasteiger partial charge in [0.25, 0.3) is 0 Å². The molecule has 0 amide bonds. The first-order valence-electron chi connectivity index (χ1n) is 14.7. The minimum Gasteiger partial charge on any atom is -0.463 e. The van der Waals surface area contributed by atoms with Crippen molar-refractivity contribution in [1.82, 2.24) is 26.0 Å². The van der Waals surface area contributed by atoms with Crippen LogP contribution >= 0.6 is 0 Å². The van der Waals surface area contributed by atoms with Crippen molar-refractivity contribution in [2.24, 2.45) is 10.4 Å². The van der Waals surface area contributed by atoms with Crippen LogP contribution in [0.2, 0.25) is 0 Å². The Bertz CT molecular complexity index is 1250. The fourth-order valence-corrected chi connectivity index (χ4v) is 6.07. The Balaban J connectivity index is 1.15. The van der Waals surface area contributed by atoms with Gasteiger partial charge in [-0.15, -0.1) is 0 Å². The van der Waals surface area contributed by atoms with Gasteiger partial charge in [0, 0.05) is 44.5 Å². The van der Waals surface area contributed by atoms with E-state index in [4.69, 9.17) is 4.74 Å². The molecular weight excluding hydrogens is 512 g/mol. The molecule has 3 N–H and O–H groups in total. The highest BCUT2D eigenvalue weighted by Gasteiger charge is 2.40. The van der Waals surface area contributed by atoms with Gasteiger partial charge in [0.1, 0.15) is 12.3 Å². The third kappa shape index (κ3) is 6.89. The predicted molar refractivity (Wildman–Crippen MR) is 165 cm³/mol. The van der Waals surface area contributed by atoms with Crippen molar-refractivity contribution in [2.45, 2.75) is 57.8 Å². The summed E-state index contributed by atoms with van der Waals surface area (Å²) in [5, 5.41) is 8.87. The Kier molecular flexibility index (Phi) is 9.22. The van der Waals surface area contributed by atoms with Crippen LogP contribution in [0.4, 0.5) is 0 Å². The van der Waals surface area contributed by atoms with Crippen molar-refractivity contribution in [2.75, 3.05) is 33.2 Å². The van der Waals surface area contributed by atoms with Gasteiger partial charge in [-0.05, 0) is 41.7 Å². The Morgan fingerprint density at radius 1 is 1.20 bits per heavy atom. The zero-order valence-corrected chi connectivity index (χ0v) is 24.6. The van der Waals surface area contributed by atoms with Gasteiger partial charge in [-0.25, -0.2) is 10.4 Å². The normalized spacial score (nSPS) is 22.3. The van der Waals surface area contributed by atoms with Crippen molar-refractivity contribution in [3.8, 4) is 0 Å². The molecule has 0 saturated carbocycles. The Hall–Kier alpha value is -3.46. The van der Waals surface area contributed by atoms with Crippen LogP contribution < -0.4 is 16.1 Å². The number of hydrazine groups is 1. The van der Waals surface area contributed by atoms with E-state index >= 15 is 0 Å². The van der Waals surface area contributed by atoms with E-state index in [-0.39, 0.29) is 17.7 Å². The maximum absolute atomic E-state index is 10.6. The monoisotopic (exact) mass is 556 g/mol. The standard InChI is InChI=1S/C33H44N6O2/c1-24(27-8-6-5-7-9-27)20-25(2)39-17-14-33(3,15-18-39)22-35-32-30-29(36-23-41-32)31(38(4)37-30)28-12-10-26(11-13-28)21-34-16-19-40/h5-13,19,23-24,30,32,34-35,37H,2,14-18,20-22H2,1,3-4H3. The van der Waals surface area contributed by atoms with E-state index in [0.717, 1.165) is 67.7 Å². The number of hydrogen-bond acceptors (Lipinski definition) is 8. The van der Waals surface area contributed by atoms with Gasteiger partial charge in [0.05, 0.1) is 17.9 Å². The molecule has 0 bridgehead atoms. The second-order valence-electron chi connectivity index (χ2n) is 11.9. The molecule has 8 nitrogen and oxygen atoms in total. The van der Waals surface area contributed by atoms with E-state index in [1.807, 2.05) is 12.1 Å². The number of aliphatic imine (C=N–C) groups is 1. The molecule has 3 unspecified atom stereocenters. The van der Waals surface area contributed by atoms with Crippen molar-refractivity contribution < 1.29 is 9.53 Å². The lowest BCUT2D eigenvalue weighted by molar-refractivity contribution is -0.107. The van der Waals surface area contributed by atoms with Crippen LogP contribution in [0.3, 0.4) is 0 Å². The SMILES string of the molecule is C=C(CC(C)c1ccccc1)N1CCC(C)(CNC2OC=NC3=C(c4ccc(CNCC=O)cc4)N(C)NC32)CC1. The smallest absolute Gasteiger partial charge is 0.176 e. The van der Waals surface area contributed by atoms with E-state index in [1.54, 1.807) is 6.40 Å². The number of ether oxygens (including phenoxy) is 1. The van der Waals surface area contributed by atoms with E-state index in [0.29, 0.717) is 19.0 Å². The topological polar surface area (TPSA) is 81.2 Å². The Morgan fingerprint density at radius 2 is 1.93 bits per heavy atom. The molecule has 3 heterocycles. The van der Waals surface area contributed by atoms with Gasteiger partial charge in [0.15, 0.2) is 12.6 Å². The van der Waals surface area contributed by atoms with Crippen LogP contribution in [0.15, 0.2) is 77.6 Å². The molecule has 5 rings (SSSR count). The molecule has 0 aliphatic carbocycles. The number of piperidine rings is 1. The third-order valence-electron chi connectivity index (χ3n) is 8.75. The van der Waals surface area contributed by atoms with Crippen LogP contribution in [0, 0.1) is 5.41 Å². The number of benzene rings is 2. The fourth-order valence-electron chi connectivity index (χ4n) is 6.07. The van der Waals surface area contributed by atoms with Gasteiger partial charge in [-0.2, -0.15) is 0 Å². The van der Waals surface area contributed by atoms with E-state index < -0.39 is 0 Å². The maximum atomic E-state index is 10.6. The molecule has 3 atom stereocenters. The number of rotatable bonds is 12. The average molecular weight is 557 g/mol. The van der Waals surface area contributed by atoms with Crippen molar-refractivity contribution in [3.05, 3.63) is 89.3 Å². The van der Waals surface area contributed by atoms with Crippen molar-refractivity contribution in [1.29, 1.82) is 0 Å². The van der Waals surface area contributed by atoms with E-state index in [9.17, 15) is 4.79 Å². The quantitative estimate of drug-likeness (QED) is 0.267. The summed E-state index contributed by atoms with van der Waals surface area (Å²) in [5.41, 5.74) is 10.6. The second kappa shape index (κ2) is 13.0. The molecule has 3 aliphatic rings. The van der Waals surface area contributed by atoms with Crippen molar-refractivity contribution >= 4 is 18.4 Å². The van der Waals surface area contributed by atoms with E-state index in [1.165, 1.54) is 11.3 Å². The highest BCUT2D eigenvalue weighted by Crippen LogP contribution is 2.36. The summed E-state index contributed by atoms with van der Waals surface area (Å²) in [5.74, 6) is 0.469. The van der Waals surface area contributed by atoms with E-state index in [2.05, 4.69) is 101 Å². The van der Waals surface area contributed by atoms with Gasteiger partial charge in [-0.1, -0.05) is 75.0 Å². The molecule has 0 radical (unpaired) electrons. The molecule has 3 aliphatic heterocycles. The Labute approximate surface area is 244 Å². The van der Waals surface area contributed by atoms with Crippen LogP contribution in [0.1, 0.15) is 55.7 Å². The van der Waals surface area contributed by atoms with Gasteiger partial charge in [-0.3, -0.25) is 5.32 Å². The number of allylic oxidation sites excluding steroid dienone is 1. The first-order valence-corrected chi connectivity index (χ1v) is 14.7. The van der Waals surface area contributed by atoms with Crippen LogP contribution in [-0.4, -0.2) is 68.1 Å². The lowest BCUT2D eigenvalue weighted by Crippen LogP contribution is -2.54. The summed E-state index contributed by atoms with van der Waals surface area (Å²) in [4.78, 5) is 17.7. The summed E-state index contributed by atoms with van der Waals surface area (Å²) in [7, 11) is 2.02. The van der Waals surface area contributed by atoms with Crippen LogP contribution in [0.25, 0.3) is 5.70 Å². The molecular formula is C33H44N6O2. The molecule has 1 fully saturated rings. The summed E-state index contributed by atoms with van der Waals surface area (Å²) >= 11 is 0. The van der Waals surface area contributed by atoms with Crippen LogP contribution in [-0.2, 0) is 16.1 Å². The number of hydrogen-bond donors (Lipinski definition) is 3. The minimum absolute atomic E-state index is 0.0723. The van der Waals surface area contributed by atoms with Crippen molar-refractivity contribution in [3.63, 3.8) is 0 Å². The molecule has 1 saturated heterocycles. The van der Waals surface area contributed by atoms with Gasteiger partial charge in [0.2, 0.25) is 0 Å². The number of aldehydes is 1. The molecule has 41 heavy (non-hydrogen) atoms.